The Bertz CT molecular complexity index is 685. The molecule has 3 heterocycles. The van der Waals surface area contributed by atoms with Crippen LogP contribution in [0.25, 0.3) is 11.2 Å². The number of hydrogen-bond donors (Lipinski definition) is 0. The Morgan fingerprint density at radius 2 is 1.84 bits per heavy atom. The minimum Gasteiger partial charge on any atom is -0.354 e. The van der Waals surface area contributed by atoms with Crippen molar-refractivity contribution in [1.82, 2.24) is 24.9 Å². The first kappa shape index (κ1) is 11.5. The lowest BCUT2D eigenvalue weighted by atomic mass is 10.3. The van der Waals surface area contributed by atoms with Gasteiger partial charge in [0.15, 0.2) is 5.65 Å². The Morgan fingerprint density at radius 1 is 1.00 bits per heavy atom. The van der Waals surface area contributed by atoms with Crippen molar-refractivity contribution < 1.29 is 0 Å². The molecule has 0 fully saturated rings. The largest absolute Gasteiger partial charge is 0.354 e. The third-order valence-electron chi connectivity index (χ3n) is 2.72. The molecular formula is C13H12N6. The summed E-state index contributed by atoms with van der Waals surface area (Å²) in [5.74, 6) is 0.832. The molecule has 0 saturated heterocycles. The van der Waals surface area contributed by atoms with E-state index >= 15 is 0 Å². The summed E-state index contributed by atoms with van der Waals surface area (Å²) in [6, 6.07) is 3.84. The van der Waals surface area contributed by atoms with Crippen LogP contribution in [0.15, 0.2) is 43.1 Å². The minimum absolute atomic E-state index is 0.644. The normalized spacial score (nSPS) is 10.6. The number of nitrogens with zero attached hydrogens (tertiary/aromatic N) is 6. The predicted octanol–water partition coefficient (Wildman–Crippen LogP) is 1.45. The molecule has 6 heteroatoms. The molecule has 0 saturated carbocycles. The van der Waals surface area contributed by atoms with E-state index in [0.717, 1.165) is 17.0 Å². The Hall–Kier alpha value is -2.63. The maximum atomic E-state index is 4.48. The molecule has 0 bridgehead atoms. The van der Waals surface area contributed by atoms with Crippen LogP contribution in [-0.4, -0.2) is 32.0 Å². The summed E-state index contributed by atoms with van der Waals surface area (Å²) in [5.41, 5.74) is 2.33. The molecule has 0 spiro atoms. The first-order chi connectivity index (χ1) is 9.33. The van der Waals surface area contributed by atoms with Crippen LogP contribution in [-0.2, 0) is 6.54 Å². The van der Waals surface area contributed by atoms with Crippen molar-refractivity contribution in [1.29, 1.82) is 0 Å². The van der Waals surface area contributed by atoms with Crippen LogP contribution in [0.1, 0.15) is 5.69 Å². The lowest BCUT2D eigenvalue weighted by Gasteiger charge is -2.17. The van der Waals surface area contributed by atoms with Crippen LogP contribution in [0.3, 0.4) is 0 Å². The molecule has 0 aliphatic rings. The smallest absolute Gasteiger partial charge is 0.180 e. The SMILES string of the molecule is CN(Cc1cnccn1)c1ccc2nccnc2n1. The van der Waals surface area contributed by atoms with Crippen LogP contribution in [0.2, 0.25) is 0 Å². The lowest BCUT2D eigenvalue weighted by Crippen LogP contribution is -2.18. The van der Waals surface area contributed by atoms with E-state index in [1.807, 2.05) is 24.1 Å². The zero-order chi connectivity index (χ0) is 13.1. The highest BCUT2D eigenvalue weighted by Gasteiger charge is 2.06. The van der Waals surface area contributed by atoms with E-state index in [1.165, 1.54) is 0 Å². The fourth-order valence-electron chi connectivity index (χ4n) is 1.79. The van der Waals surface area contributed by atoms with Gasteiger partial charge in [0.2, 0.25) is 0 Å². The first-order valence-corrected chi connectivity index (χ1v) is 5.87. The third-order valence-corrected chi connectivity index (χ3v) is 2.72. The number of hydrogen-bond acceptors (Lipinski definition) is 6. The zero-order valence-electron chi connectivity index (χ0n) is 10.4. The van der Waals surface area contributed by atoms with Gasteiger partial charge < -0.3 is 4.90 Å². The summed E-state index contributed by atoms with van der Waals surface area (Å²) >= 11 is 0. The second-order valence-corrected chi connectivity index (χ2v) is 4.12. The van der Waals surface area contributed by atoms with Gasteiger partial charge in [0.1, 0.15) is 11.3 Å². The molecule has 0 atom stereocenters. The third kappa shape index (κ3) is 2.47. The van der Waals surface area contributed by atoms with Gasteiger partial charge in [-0.3, -0.25) is 15.0 Å². The summed E-state index contributed by atoms with van der Waals surface area (Å²) in [6.07, 6.45) is 8.39. The second-order valence-electron chi connectivity index (χ2n) is 4.12. The van der Waals surface area contributed by atoms with E-state index in [0.29, 0.717) is 12.2 Å². The average Bonchev–Trinajstić information content (AvgIpc) is 2.48. The molecule has 6 nitrogen and oxygen atoms in total. The highest BCUT2D eigenvalue weighted by Crippen LogP contribution is 2.14. The van der Waals surface area contributed by atoms with E-state index in [2.05, 4.69) is 24.9 Å². The van der Waals surface area contributed by atoms with E-state index in [1.54, 1.807) is 31.0 Å². The molecule has 3 aromatic rings. The van der Waals surface area contributed by atoms with Crippen molar-refractivity contribution in [3.8, 4) is 0 Å². The molecule has 19 heavy (non-hydrogen) atoms. The Labute approximate surface area is 110 Å². The molecule has 3 rings (SSSR count). The predicted molar refractivity (Wildman–Crippen MR) is 71.5 cm³/mol. The van der Waals surface area contributed by atoms with Crippen molar-refractivity contribution in [2.24, 2.45) is 0 Å². The van der Waals surface area contributed by atoms with Crippen LogP contribution in [0.5, 0.6) is 0 Å². The second kappa shape index (κ2) is 4.93. The molecule has 0 unspecified atom stereocenters. The van der Waals surface area contributed by atoms with Gasteiger partial charge in [-0.05, 0) is 12.1 Å². The fraction of sp³-hybridized carbons (Fsp3) is 0.154. The maximum absolute atomic E-state index is 4.48. The van der Waals surface area contributed by atoms with E-state index in [4.69, 9.17) is 0 Å². The molecule has 0 N–H and O–H groups in total. The quantitative estimate of drug-likeness (QED) is 0.702. The van der Waals surface area contributed by atoms with Gasteiger partial charge in [-0.2, -0.15) is 0 Å². The molecular weight excluding hydrogens is 240 g/mol. The standard InChI is InChI=1S/C13H12N6/c1-19(9-10-8-14-4-5-15-10)12-3-2-11-13(18-12)17-7-6-16-11/h2-8H,9H2,1H3. The van der Waals surface area contributed by atoms with Gasteiger partial charge in [0, 0.05) is 31.8 Å². The highest BCUT2D eigenvalue weighted by molar-refractivity contribution is 5.71. The molecule has 3 aromatic heterocycles. The Kier molecular flexibility index (Phi) is 2.97. The Balaban J connectivity index is 1.87. The van der Waals surface area contributed by atoms with Gasteiger partial charge in [-0.25, -0.2) is 9.97 Å². The van der Waals surface area contributed by atoms with Crippen molar-refractivity contribution in [3.63, 3.8) is 0 Å². The number of aromatic nitrogens is 5. The number of pyridine rings is 1. The monoisotopic (exact) mass is 252 g/mol. The molecule has 0 aromatic carbocycles. The van der Waals surface area contributed by atoms with Crippen molar-refractivity contribution in [2.75, 3.05) is 11.9 Å². The number of fused-ring (bicyclic) bond motifs is 1. The summed E-state index contributed by atoms with van der Waals surface area (Å²) in [4.78, 5) is 23.2. The van der Waals surface area contributed by atoms with E-state index in [-0.39, 0.29) is 0 Å². The summed E-state index contributed by atoms with van der Waals surface area (Å²) in [7, 11) is 1.96. The van der Waals surface area contributed by atoms with E-state index < -0.39 is 0 Å². The van der Waals surface area contributed by atoms with Gasteiger partial charge in [-0.15, -0.1) is 0 Å². The van der Waals surface area contributed by atoms with Gasteiger partial charge >= 0.3 is 0 Å². The maximum Gasteiger partial charge on any atom is 0.180 e. The number of rotatable bonds is 3. The minimum atomic E-state index is 0.644. The fourth-order valence-corrected chi connectivity index (χ4v) is 1.79. The van der Waals surface area contributed by atoms with Crippen LogP contribution >= 0.6 is 0 Å². The molecule has 0 aliphatic heterocycles. The zero-order valence-corrected chi connectivity index (χ0v) is 10.4. The molecule has 0 radical (unpaired) electrons. The van der Waals surface area contributed by atoms with Gasteiger partial charge in [0.25, 0.3) is 0 Å². The first-order valence-electron chi connectivity index (χ1n) is 5.87. The molecule has 0 aliphatic carbocycles. The van der Waals surface area contributed by atoms with Crippen molar-refractivity contribution >= 4 is 17.0 Å². The van der Waals surface area contributed by atoms with Crippen LogP contribution in [0, 0.1) is 0 Å². The van der Waals surface area contributed by atoms with Gasteiger partial charge in [-0.1, -0.05) is 0 Å². The van der Waals surface area contributed by atoms with Gasteiger partial charge in [0.05, 0.1) is 18.4 Å². The summed E-state index contributed by atoms with van der Waals surface area (Å²) in [6.45, 7) is 0.645. The van der Waals surface area contributed by atoms with Crippen molar-refractivity contribution in [2.45, 2.75) is 6.54 Å². The summed E-state index contributed by atoms with van der Waals surface area (Å²) in [5, 5.41) is 0. The van der Waals surface area contributed by atoms with Crippen LogP contribution in [0.4, 0.5) is 5.82 Å². The van der Waals surface area contributed by atoms with Crippen LogP contribution < -0.4 is 4.90 Å². The highest BCUT2D eigenvalue weighted by atomic mass is 15.2. The van der Waals surface area contributed by atoms with Crippen molar-refractivity contribution in [3.05, 3.63) is 48.8 Å². The molecule has 0 amide bonds. The summed E-state index contributed by atoms with van der Waals surface area (Å²) < 4.78 is 0. The topological polar surface area (TPSA) is 67.7 Å². The average molecular weight is 252 g/mol. The van der Waals surface area contributed by atoms with E-state index in [9.17, 15) is 0 Å². The molecule has 94 valence electrons. The number of anilines is 1. The Morgan fingerprint density at radius 3 is 2.68 bits per heavy atom. The lowest BCUT2D eigenvalue weighted by molar-refractivity contribution is 0.858.